The molecular weight excluding hydrogens is 454 g/mol. The van der Waals surface area contributed by atoms with Gasteiger partial charge in [0.15, 0.2) is 0 Å². The van der Waals surface area contributed by atoms with Gasteiger partial charge < -0.3 is 41.9 Å². The second-order valence-electron chi connectivity index (χ2n) is 8.44. The average Bonchev–Trinajstić information content (AvgIpc) is 3.23. The van der Waals surface area contributed by atoms with Crippen LogP contribution in [0.25, 0.3) is 0 Å². The molecule has 0 spiro atoms. The predicted octanol–water partition coefficient (Wildman–Crippen LogP) is -3.01. The van der Waals surface area contributed by atoms with Crippen molar-refractivity contribution in [1.29, 1.82) is 0 Å². The van der Waals surface area contributed by atoms with E-state index in [2.05, 4.69) is 16.0 Å². The summed E-state index contributed by atoms with van der Waals surface area (Å²) in [5.41, 5.74) is 5.61. The van der Waals surface area contributed by atoms with Gasteiger partial charge in [-0.2, -0.15) is 0 Å². The van der Waals surface area contributed by atoms with Crippen LogP contribution in [-0.2, 0) is 28.8 Å². The number of aliphatic carboxylic acids is 2. The largest absolute Gasteiger partial charge is 0.481 e. The molecule has 1 fully saturated rings. The maximum atomic E-state index is 12.6. The van der Waals surface area contributed by atoms with Crippen molar-refractivity contribution in [2.45, 2.75) is 63.7 Å². The minimum absolute atomic E-state index is 0.0453. The van der Waals surface area contributed by atoms with E-state index in [4.69, 9.17) is 21.1 Å². The summed E-state index contributed by atoms with van der Waals surface area (Å²) in [5.74, 6) is -5.54. The fourth-order valence-electron chi connectivity index (χ4n) is 3.48. The first-order valence-corrected chi connectivity index (χ1v) is 10.9. The van der Waals surface area contributed by atoms with E-state index in [1.807, 2.05) is 0 Å². The van der Waals surface area contributed by atoms with Gasteiger partial charge in [-0.3, -0.25) is 24.0 Å². The summed E-state index contributed by atoms with van der Waals surface area (Å²) in [6.07, 6.45) is 0.414. The first kappa shape index (κ1) is 28.8. The number of carboxylic acids is 2. The highest BCUT2D eigenvalue weighted by molar-refractivity contribution is 5.94. The van der Waals surface area contributed by atoms with Crippen LogP contribution in [0.2, 0.25) is 0 Å². The van der Waals surface area contributed by atoms with E-state index in [1.165, 1.54) is 4.90 Å². The standard InChI is InChI=1S/C20H33N5O9/c1-10(2)6-12(17(30)24-13(9-26)20(33)34)23-15(27)8-22-18(31)14-4-3-5-25(14)19(32)11(21)7-16(28)29/h10-14,26H,3-9,21H2,1-2H3,(H,22,31)(H,23,27)(H,24,30)(H,28,29)(H,33,34)/t11-,12-,13-,14-/m0/s1. The molecule has 0 bridgehead atoms. The number of carbonyl (C=O) groups is 6. The third-order valence-electron chi connectivity index (χ3n) is 5.13. The zero-order valence-electron chi connectivity index (χ0n) is 19.2. The molecule has 34 heavy (non-hydrogen) atoms. The molecule has 192 valence electrons. The quantitative estimate of drug-likeness (QED) is 0.139. The SMILES string of the molecule is CC(C)C[C@H](NC(=O)CNC(=O)[C@@H]1CCCN1C(=O)[C@@H](N)CC(=O)O)C(=O)N[C@@H](CO)C(=O)O. The molecule has 0 radical (unpaired) electrons. The molecule has 1 aliphatic rings. The molecule has 1 aliphatic heterocycles. The molecule has 0 aliphatic carbocycles. The van der Waals surface area contributed by atoms with Crippen LogP contribution in [0, 0.1) is 5.92 Å². The smallest absolute Gasteiger partial charge is 0.328 e. The Labute approximate surface area is 196 Å². The molecule has 0 aromatic carbocycles. The maximum Gasteiger partial charge on any atom is 0.328 e. The van der Waals surface area contributed by atoms with E-state index >= 15 is 0 Å². The highest BCUT2D eigenvalue weighted by atomic mass is 16.4. The van der Waals surface area contributed by atoms with Gasteiger partial charge in [0.2, 0.25) is 23.6 Å². The number of nitrogens with zero attached hydrogens (tertiary/aromatic N) is 1. The Morgan fingerprint density at radius 1 is 1.06 bits per heavy atom. The number of likely N-dealkylation sites (tertiary alicyclic amines) is 1. The second kappa shape index (κ2) is 13.4. The Morgan fingerprint density at radius 3 is 2.24 bits per heavy atom. The Kier molecular flexibility index (Phi) is 11.4. The summed E-state index contributed by atoms with van der Waals surface area (Å²) >= 11 is 0. The minimum Gasteiger partial charge on any atom is -0.481 e. The van der Waals surface area contributed by atoms with Crippen LogP contribution in [-0.4, -0.2) is 99.7 Å². The van der Waals surface area contributed by atoms with Crippen LogP contribution >= 0.6 is 0 Å². The topological polar surface area (TPSA) is 228 Å². The minimum atomic E-state index is -1.53. The molecule has 0 aromatic rings. The molecule has 14 heteroatoms. The van der Waals surface area contributed by atoms with Crippen molar-refractivity contribution in [3.05, 3.63) is 0 Å². The lowest BCUT2D eigenvalue weighted by atomic mass is 10.0. The van der Waals surface area contributed by atoms with Crippen LogP contribution in [0.3, 0.4) is 0 Å². The number of hydrogen-bond acceptors (Lipinski definition) is 8. The molecule has 1 rings (SSSR count). The molecule has 8 N–H and O–H groups in total. The monoisotopic (exact) mass is 487 g/mol. The van der Waals surface area contributed by atoms with E-state index in [0.717, 1.165) is 0 Å². The van der Waals surface area contributed by atoms with Crippen molar-refractivity contribution in [2.75, 3.05) is 19.7 Å². The molecular formula is C20H33N5O9. The summed E-state index contributed by atoms with van der Waals surface area (Å²) in [7, 11) is 0. The highest BCUT2D eigenvalue weighted by Gasteiger charge is 2.37. The summed E-state index contributed by atoms with van der Waals surface area (Å²) in [5, 5.41) is 33.8. The van der Waals surface area contributed by atoms with E-state index in [-0.39, 0.29) is 18.9 Å². The Balaban J connectivity index is 2.70. The lowest BCUT2D eigenvalue weighted by molar-refractivity contribution is -0.144. The molecule has 1 saturated heterocycles. The third-order valence-corrected chi connectivity index (χ3v) is 5.13. The summed E-state index contributed by atoms with van der Waals surface area (Å²) in [4.78, 5) is 72.7. The van der Waals surface area contributed by atoms with Crippen LogP contribution in [0.1, 0.15) is 39.5 Å². The van der Waals surface area contributed by atoms with Crippen LogP contribution in [0.5, 0.6) is 0 Å². The Morgan fingerprint density at radius 2 is 1.71 bits per heavy atom. The van der Waals surface area contributed by atoms with Gasteiger partial charge >= 0.3 is 11.9 Å². The Hall–Kier alpha value is -3.26. The first-order valence-electron chi connectivity index (χ1n) is 10.9. The molecule has 0 aromatic heterocycles. The predicted molar refractivity (Wildman–Crippen MR) is 116 cm³/mol. The average molecular weight is 488 g/mol. The molecule has 14 nitrogen and oxygen atoms in total. The van der Waals surface area contributed by atoms with Gasteiger partial charge in [-0.1, -0.05) is 13.8 Å². The van der Waals surface area contributed by atoms with Gasteiger partial charge in [-0.25, -0.2) is 4.79 Å². The zero-order valence-corrected chi connectivity index (χ0v) is 19.2. The van der Waals surface area contributed by atoms with Crippen LogP contribution in [0.4, 0.5) is 0 Å². The van der Waals surface area contributed by atoms with E-state index < -0.39 is 79.3 Å². The number of hydrogen-bond donors (Lipinski definition) is 7. The fraction of sp³-hybridized carbons (Fsp3) is 0.700. The van der Waals surface area contributed by atoms with Gasteiger partial charge in [-0.05, 0) is 25.2 Å². The fourth-order valence-corrected chi connectivity index (χ4v) is 3.48. The van der Waals surface area contributed by atoms with Gasteiger partial charge in [0.05, 0.1) is 25.6 Å². The number of carbonyl (C=O) groups excluding carboxylic acids is 4. The number of nitrogens with one attached hydrogen (secondary N) is 3. The number of amides is 4. The summed E-state index contributed by atoms with van der Waals surface area (Å²) < 4.78 is 0. The normalized spacial score (nSPS) is 18.0. The summed E-state index contributed by atoms with van der Waals surface area (Å²) in [6, 6.07) is -4.83. The number of aliphatic hydroxyl groups excluding tert-OH is 1. The van der Waals surface area contributed by atoms with E-state index in [0.29, 0.717) is 12.8 Å². The van der Waals surface area contributed by atoms with Crippen LogP contribution < -0.4 is 21.7 Å². The van der Waals surface area contributed by atoms with Crippen molar-refractivity contribution >= 4 is 35.6 Å². The second-order valence-corrected chi connectivity index (χ2v) is 8.44. The molecule has 0 saturated carbocycles. The van der Waals surface area contributed by atoms with Gasteiger partial charge in [-0.15, -0.1) is 0 Å². The third kappa shape index (κ3) is 8.94. The molecule has 4 atom stereocenters. The van der Waals surface area contributed by atoms with Gasteiger partial charge in [0.1, 0.15) is 18.1 Å². The van der Waals surface area contributed by atoms with Crippen LogP contribution in [0.15, 0.2) is 0 Å². The van der Waals surface area contributed by atoms with Gasteiger partial charge in [0, 0.05) is 6.54 Å². The highest BCUT2D eigenvalue weighted by Crippen LogP contribution is 2.18. The summed E-state index contributed by atoms with van der Waals surface area (Å²) in [6.45, 7) is 2.46. The lowest BCUT2D eigenvalue weighted by Gasteiger charge is -2.26. The lowest BCUT2D eigenvalue weighted by Crippen LogP contribution is -2.55. The van der Waals surface area contributed by atoms with Crippen molar-refractivity contribution in [1.82, 2.24) is 20.9 Å². The van der Waals surface area contributed by atoms with E-state index in [9.17, 15) is 28.8 Å². The number of rotatable bonds is 13. The number of nitrogens with two attached hydrogens (primary N) is 1. The van der Waals surface area contributed by atoms with Gasteiger partial charge in [0.25, 0.3) is 0 Å². The zero-order chi connectivity index (χ0) is 26.0. The van der Waals surface area contributed by atoms with Crippen molar-refractivity contribution in [3.63, 3.8) is 0 Å². The van der Waals surface area contributed by atoms with Crippen molar-refractivity contribution in [3.8, 4) is 0 Å². The van der Waals surface area contributed by atoms with Crippen molar-refractivity contribution < 1.29 is 44.1 Å². The molecule has 1 heterocycles. The van der Waals surface area contributed by atoms with E-state index in [1.54, 1.807) is 13.8 Å². The molecule has 0 unspecified atom stereocenters. The molecule has 4 amide bonds. The Bertz CT molecular complexity index is 788. The van der Waals surface area contributed by atoms with Crippen molar-refractivity contribution in [2.24, 2.45) is 11.7 Å². The number of aliphatic hydroxyl groups is 1. The maximum absolute atomic E-state index is 12.6. The first-order chi connectivity index (χ1) is 15.9. The number of carboxylic acid groups (broad SMARTS) is 2.